The molecule has 0 aliphatic heterocycles. The summed E-state index contributed by atoms with van der Waals surface area (Å²) < 4.78 is 5.95. The van der Waals surface area contributed by atoms with Gasteiger partial charge in [-0.3, -0.25) is 0 Å². The van der Waals surface area contributed by atoms with E-state index in [0.717, 1.165) is 16.6 Å². The number of nitrogens with one attached hydrogen (secondary N) is 2. The third-order valence-electron chi connectivity index (χ3n) is 4.21. The molecule has 1 aromatic heterocycles. The number of benzene rings is 2. The van der Waals surface area contributed by atoms with Gasteiger partial charge in [0.1, 0.15) is 12.1 Å². The first-order valence-electron chi connectivity index (χ1n) is 9.46. The van der Waals surface area contributed by atoms with Gasteiger partial charge in [0.05, 0.1) is 10.9 Å². The van der Waals surface area contributed by atoms with E-state index in [1.54, 1.807) is 24.3 Å². The van der Waals surface area contributed by atoms with Crippen LogP contribution in [-0.4, -0.2) is 36.6 Å². The number of anilines is 2. The normalized spacial score (nSPS) is 11.2. The van der Waals surface area contributed by atoms with Gasteiger partial charge in [0.25, 0.3) is 0 Å². The van der Waals surface area contributed by atoms with Crippen LogP contribution in [0, 0.1) is 5.41 Å². The van der Waals surface area contributed by atoms with Crippen molar-refractivity contribution in [3.63, 3.8) is 0 Å². The van der Waals surface area contributed by atoms with Crippen molar-refractivity contribution in [3.05, 3.63) is 48.8 Å². The molecule has 7 heteroatoms. The lowest BCUT2D eigenvalue weighted by molar-refractivity contribution is 0.247. The second kappa shape index (κ2) is 8.34. The molecule has 1 heterocycles. The molecule has 2 amide bonds. The lowest BCUT2D eigenvalue weighted by Gasteiger charge is -2.19. The van der Waals surface area contributed by atoms with E-state index in [0.29, 0.717) is 23.9 Å². The number of fused-ring (bicyclic) bond motifs is 1. The Bertz CT molecular complexity index is 994. The van der Waals surface area contributed by atoms with Gasteiger partial charge >= 0.3 is 6.03 Å². The molecule has 0 saturated carbocycles. The number of aromatic nitrogens is 2. The summed E-state index contributed by atoms with van der Waals surface area (Å²) in [5.41, 5.74) is 2.59. The highest BCUT2D eigenvalue weighted by atomic mass is 16.5. The molecule has 7 nitrogen and oxygen atoms in total. The summed E-state index contributed by atoms with van der Waals surface area (Å²) in [4.78, 5) is 22.6. The van der Waals surface area contributed by atoms with E-state index in [1.165, 1.54) is 6.33 Å². The van der Waals surface area contributed by atoms with Gasteiger partial charge in [-0.1, -0.05) is 20.8 Å². The van der Waals surface area contributed by atoms with E-state index in [9.17, 15) is 4.79 Å². The Balaban J connectivity index is 1.69. The maximum absolute atomic E-state index is 12.0. The number of carbonyl (C=O) groups excluding carboxylic acids is 1. The van der Waals surface area contributed by atoms with Crippen LogP contribution in [-0.2, 0) is 0 Å². The van der Waals surface area contributed by atoms with Crippen LogP contribution in [0.25, 0.3) is 10.9 Å². The van der Waals surface area contributed by atoms with Gasteiger partial charge in [-0.15, -0.1) is 0 Å². The number of nitrogens with zero attached hydrogens (tertiary/aromatic N) is 3. The highest BCUT2D eigenvalue weighted by molar-refractivity contribution is 5.89. The maximum atomic E-state index is 12.0. The molecule has 0 aliphatic carbocycles. The van der Waals surface area contributed by atoms with E-state index in [1.807, 2.05) is 37.2 Å². The summed E-state index contributed by atoms with van der Waals surface area (Å²) >= 11 is 0. The van der Waals surface area contributed by atoms with Crippen LogP contribution in [0.2, 0.25) is 0 Å². The smallest absolute Gasteiger partial charge is 0.319 e. The Labute approximate surface area is 171 Å². The minimum absolute atomic E-state index is 0.0304. The summed E-state index contributed by atoms with van der Waals surface area (Å²) in [7, 11) is 3.97. The summed E-state index contributed by atoms with van der Waals surface area (Å²) in [6.45, 7) is 6.79. The molecule has 152 valence electrons. The van der Waals surface area contributed by atoms with Crippen LogP contribution in [0.5, 0.6) is 11.6 Å². The molecule has 0 saturated heterocycles. The lowest BCUT2D eigenvalue weighted by atomic mass is 9.97. The van der Waals surface area contributed by atoms with Crippen molar-refractivity contribution in [1.82, 2.24) is 15.3 Å². The van der Waals surface area contributed by atoms with Gasteiger partial charge in [0.15, 0.2) is 0 Å². The molecule has 0 fully saturated rings. The third kappa shape index (κ3) is 5.57. The molecule has 0 atom stereocenters. The Kier molecular flexibility index (Phi) is 5.87. The van der Waals surface area contributed by atoms with E-state index in [2.05, 4.69) is 41.4 Å². The topological polar surface area (TPSA) is 79.4 Å². The molecular formula is C22H27N5O2. The van der Waals surface area contributed by atoms with Crippen LogP contribution < -0.4 is 20.3 Å². The van der Waals surface area contributed by atoms with E-state index >= 15 is 0 Å². The van der Waals surface area contributed by atoms with E-state index in [-0.39, 0.29) is 11.4 Å². The van der Waals surface area contributed by atoms with Gasteiger partial charge in [-0.05, 0) is 47.9 Å². The zero-order valence-corrected chi connectivity index (χ0v) is 17.5. The fourth-order valence-electron chi connectivity index (χ4n) is 2.62. The highest BCUT2D eigenvalue weighted by Gasteiger charge is 2.12. The van der Waals surface area contributed by atoms with Gasteiger partial charge in [0.2, 0.25) is 5.88 Å². The minimum Gasteiger partial charge on any atom is -0.438 e. The molecule has 0 radical (unpaired) electrons. The van der Waals surface area contributed by atoms with Crippen molar-refractivity contribution >= 4 is 28.3 Å². The predicted octanol–water partition coefficient (Wildman–Crippen LogP) is 4.66. The first kappa shape index (κ1) is 20.4. The molecule has 0 unspecified atom stereocenters. The highest BCUT2D eigenvalue weighted by Crippen LogP contribution is 2.29. The number of carbonyl (C=O) groups is 1. The molecule has 29 heavy (non-hydrogen) atoms. The minimum atomic E-state index is -0.230. The Morgan fingerprint density at radius 1 is 1.07 bits per heavy atom. The number of hydrogen-bond donors (Lipinski definition) is 2. The Hall–Kier alpha value is -3.35. The largest absolute Gasteiger partial charge is 0.438 e. The molecule has 3 rings (SSSR count). The standard InChI is InChI=1S/C22H27N5O2/c1-22(2,3)13-23-21(28)26-15-6-9-17(10-7-15)29-20-18-11-8-16(27(4)5)12-19(18)24-14-25-20/h6-12,14H,13H2,1-5H3,(H2,23,26,28). The third-order valence-corrected chi connectivity index (χ3v) is 4.21. The fraction of sp³-hybridized carbons (Fsp3) is 0.318. The molecular weight excluding hydrogens is 366 g/mol. The molecule has 3 aromatic rings. The zero-order valence-electron chi connectivity index (χ0n) is 17.5. The van der Waals surface area contributed by atoms with Crippen LogP contribution in [0.1, 0.15) is 20.8 Å². The van der Waals surface area contributed by atoms with Crippen molar-refractivity contribution in [2.75, 3.05) is 30.9 Å². The van der Waals surface area contributed by atoms with Crippen LogP contribution in [0.15, 0.2) is 48.8 Å². The summed E-state index contributed by atoms with van der Waals surface area (Å²) in [6.07, 6.45) is 1.49. The number of hydrogen-bond acceptors (Lipinski definition) is 5. The van der Waals surface area contributed by atoms with Gasteiger partial charge in [0, 0.05) is 32.0 Å². The molecule has 2 N–H and O–H groups in total. The molecule has 0 aliphatic rings. The second-order valence-corrected chi connectivity index (χ2v) is 8.27. The molecule has 2 aromatic carbocycles. The van der Waals surface area contributed by atoms with E-state index < -0.39 is 0 Å². The quantitative estimate of drug-likeness (QED) is 0.659. The van der Waals surface area contributed by atoms with Crippen LogP contribution in [0.4, 0.5) is 16.2 Å². The molecule has 0 bridgehead atoms. The average Bonchev–Trinajstić information content (AvgIpc) is 2.67. The van der Waals surface area contributed by atoms with Crippen molar-refractivity contribution in [2.45, 2.75) is 20.8 Å². The number of ether oxygens (including phenoxy) is 1. The number of urea groups is 1. The summed E-state index contributed by atoms with van der Waals surface area (Å²) in [5, 5.41) is 6.51. The lowest BCUT2D eigenvalue weighted by Crippen LogP contribution is -2.35. The van der Waals surface area contributed by atoms with Crippen LogP contribution >= 0.6 is 0 Å². The predicted molar refractivity (Wildman–Crippen MR) is 117 cm³/mol. The van der Waals surface area contributed by atoms with Crippen molar-refractivity contribution < 1.29 is 9.53 Å². The zero-order chi connectivity index (χ0) is 21.0. The summed E-state index contributed by atoms with van der Waals surface area (Å²) in [6, 6.07) is 12.9. The Morgan fingerprint density at radius 2 is 1.79 bits per heavy atom. The number of amides is 2. The second-order valence-electron chi connectivity index (χ2n) is 8.27. The van der Waals surface area contributed by atoms with Crippen molar-refractivity contribution in [3.8, 4) is 11.6 Å². The average molecular weight is 393 g/mol. The van der Waals surface area contributed by atoms with Crippen molar-refractivity contribution in [1.29, 1.82) is 0 Å². The fourth-order valence-corrected chi connectivity index (χ4v) is 2.62. The van der Waals surface area contributed by atoms with Gasteiger partial charge < -0.3 is 20.3 Å². The van der Waals surface area contributed by atoms with Gasteiger partial charge in [-0.25, -0.2) is 14.8 Å². The first-order chi connectivity index (χ1) is 13.7. The summed E-state index contributed by atoms with van der Waals surface area (Å²) in [5.74, 6) is 1.12. The number of rotatable bonds is 5. The Morgan fingerprint density at radius 3 is 2.45 bits per heavy atom. The van der Waals surface area contributed by atoms with Crippen LogP contribution in [0.3, 0.4) is 0 Å². The first-order valence-corrected chi connectivity index (χ1v) is 9.46. The van der Waals surface area contributed by atoms with Crippen molar-refractivity contribution in [2.24, 2.45) is 5.41 Å². The maximum Gasteiger partial charge on any atom is 0.319 e. The van der Waals surface area contributed by atoms with Gasteiger partial charge in [-0.2, -0.15) is 0 Å². The SMILES string of the molecule is CN(C)c1ccc2c(Oc3ccc(NC(=O)NCC(C)(C)C)cc3)ncnc2c1. The molecule has 0 spiro atoms. The van der Waals surface area contributed by atoms with E-state index in [4.69, 9.17) is 4.74 Å². The monoisotopic (exact) mass is 393 g/mol.